The topological polar surface area (TPSA) is 116 Å². The minimum Gasteiger partial charge on any atom is -0.437 e. The summed E-state index contributed by atoms with van der Waals surface area (Å²) < 4.78 is 19.8. The van der Waals surface area contributed by atoms with Crippen LogP contribution in [0.2, 0.25) is 0 Å². The number of H-pyrrole nitrogens is 1. The zero-order valence-electron chi connectivity index (χ0n) is 18.9. The van der Waals surface area contributed by atoms with Gasteiger partial charge in [0.25, 0.3) is 5.56 Å². The number of hydrogen-bond donors (Lipinski definition) is 1. The van der Waals surface area contributed by atoms with Crippen LogP contribution in [0.25, 0.3) is 11.2 Å². The van der Waals surface area contributed by atoms with Gasteiger partial charge in [0.05, 0.1) is 12.2 Å². The summed E-state index contributed by atoms with van der Waals surface area (Å²) in [5.74, 6) is 1.15. The molecule has 2 aromatic heterocycles. The van der Waals surface area contributed by atoms with E-state index in [0.717, 1.165) is 6.42 Å². The third-order valence-electron chi connectivity index (χ3n) is 4.82. The molecule has 4 unspecified atom stereocenters. The quantitative estimate of drug-likeness (QED) is 0.352. The van der Waals surface area contributed by atoms with E-state index in [4.69, 9.17) is 13.8 Å². The maximum Gasteiger partial charge on any atom is 0.280 e. The lowest BCUT2D eigenvalue weighted by molar-refractivity contribution is -0.0146. The van der Waals surface area contributed by atoms with E-state index in [2.05, 4.69) is 31.9 Å². The molecule has 1 N–H and O–H groups in total. The molecule has 3 rings (SSSR count). The van der Waals surface area contributed by atoms with Gasteiger partial charge in [0.15, 0.2) is 17.6 Å². The molecule has 0 bridgehead atoms. The second kappa shape index (κ2) is 10.4. The van der Waals surface area contributed by atoms with Crippen molar-refractivity contribution in [3.8, 4) is 0 Å². The molecule has 31 heavy (non-hydrogen) atoms. The van der Waals surface area contributed by atoms with E-state index >= 15 is 0 Å². The van der Waals surface area contributed by atoms with Crippen LogP contribution < -0.4 is 5.56 Å². The Morgan fingerprint density at radius 3 is 2.84 bits per heavy atom. The molecule has 11 heteroatoms. The molecule has 0 saturated carbocycles. The number of nitrogens with one attached hydrogen (secondary N) is 1. The fourth-order valence-electron chi connectivity index (χ4n) is 3.43. The van der Waals surface area contributed by atoms with E-state index in [1.54, 1.807) is 6.21 Å². The van der Waals surface area contributed by atoms with Crippen molar-refractivity contribution in [2.45, 2.75) is 65.9 Å². The highest BCUT2D eigenvalue weighted by molar-refractivity contribution is 7.46. The molecular formula is C20H31N6O4P. The molecule has 1 saturated heterocycles. The average molecular weight is 450 g/mol. The summed E-state index contributed by atoms with van der Waals surface area (Å²) >= 11 is 0. The normalized spacial score (nSPS) is 23.0. The van der Waals surface area contributed by atoms with Crippen molar-refractivity contribution in [3.63, 3.8) is 0 Å². The van der Waals surface area contributed by atoms with Gasteiger partial charge < -0.3 is 13.8 Å². The van der Waals surface area contributed by atoms with Gasteiger partial charge in [-0.25, -0.2) is 9.98 Å². The highest BCUT2D eigenvalue weighted by Crippen LogP contribution is 2.42. The highest BCUT2D eigenvalue weighted by Gasteiger charge is 2.39. The number of imidazole rings is 1. The molecule has 4 atom stereocenters. The number of aryl methyl sites for hydroxylation is 1. The van der Waals surface area contributed by atoms with E-state index in [1.165, 1.54) is 6.40 Å². The first-order valence-corrected chi connectivity index (χ1v) is 12.2. The molecule has 0 spiro atoms. The Kier molecular flexibility index (Phi) is 7.91. The fourth-order valence-corrected chi connectivity index (χ4v) is 4.28. The van der Waals surface area contributed by atoms with Gasteiger partial charge in [0, 0.05) is 25.8 Å². The van der Waals surface area contributed by atoms with Crippen LogP contribution in [-0.4, -0.2) is 57.6 Å². The summed E-state index contributed by atoms with van der Waals surface area (Å²) in [5, 5.41) is 0. The minimum atomic E-state index is -1.12. The standard InChI is InChI=1S/C20H31N6O4P/c1-7-14-15(30-31(6)28-11-21-8-2)9-16(29-14)26-13(5)23-17-18(26)24-20(25-19(17)27)22-10-12(3)4/h10-12,14-16H,7-9H2,1-6H3,(H,24,25,27)/b21-11?,22-10-. The van der Waals surface area contributed by atoms with Gasteiger partial charge >= 0.3 is 0 Å². The number of ether oxygens (including phenoxy) is 1. The van der Waals surface area contributed by atoms with Gasteiger partial charge in [0.1, 0.15) is 12.1 Å². The van der Waals surface area contributed by atoms with E-state index in [1.807, 2.05) is 38.9 Å². The van der Waals surface area contributed by atoms with Crippen molar-refractivity contribution < 1.29 is 13.8 Å². The summed E-state index contributed by atoms with van der Waals surface area (Å²) in [6.45, 7) is 12.4. The van der Waals surface area contributed by atoms with E-state index in [9.17, 15) is 4.79 Å². The predicted molar refractivity (Wildman–Crippen MR) is 123 cm³/mol. The van der Waals surface area contributed by atoms with Crippen molar-refractivity contribution in [2.24, 2.45) is 15.9 Å². The summed E-state index contributed by atoms with van der Waals surface area (Å²) in [6.07, 6.45) is 4.00. The SMILES string of the molecule is CCN=COP(C)OC1CC(n2c(C)nc3c(=O)[nH]c(/N=C\C(C)C)nc32)OC1CC. The van der Waals surface area contributed by atoms with Crippen LogP contribution in [0, 0.1) is 12.8 Å². The third-order valence-corrected chi connectivity index (χ3v) is 5.78. The Balaban J connectivity index is 1.87. The van der Waals surface area contributed by atoms with E-state index in [0.29, 0.717) is 24.4 Å². The monoisotopic (exact) mass is 450 g/mol. The molecule has 1 aliphatic rings. The Morgan fingerprint density at radius 1 is 1.39 bits per heavy atom. The molecule has 1 aliphatic heterocycles. The first-order chi connectivity index (χ1) is 14.8. The summed E-state index contributed by atoms with van der Waals surface area (Å²) in [7, 11) is -1.12. The van der Waals surface area contributed by atoms with Gasteiger partial charge in [-0.1, -0.05) is 20.8 Å². The number of hydrogen-bond acceptors (Lipinski definition) is 8. The Bertz CT molecular complexity index is 1000. The molecule has 170 valence electrons. The van der Waals surface area contributed by atoms with Crippen LogP contribution in [0.15, 0.2) is 14.8 Å². The molecule has 1 fully saturated rings. The van der Waals surface area contributed by atoms with Crippen LogP contribution in [0.1, 0.15) is 52.6 Å². The fraction of sp³-hybridized carbons (Fsp3) is 0.650. The van der Waals surface area contributed by atoms with Gasteiger partial charge in [0.2, 0.25) is 14.3 Å². The molecule has 2 aromatic rings. The number of fused-ring (bicyclic) bond motifs is 1. The van der Waals surface area contributed by atoms with E-state index < -0.39 is 8.38 Å². The molecule has 10 nitrogen and oxygen atoms in total. The molecule has 0 radical (unpaired) electrons. The number of rotatable bonds is 9. The molecule has 0 amide bonds. The van der Waals surface area contributed by atoms with Crippen molar-refractivity contribution in [1.29, 1.82) is 0 Å². The largest absolute Gasteiger partial charge is 0.437 e. The number of nitrogens with zero attached hydrogens (tertiary/aromatic N) is 5. The van der Waals surface area contributed by atoms with Crippen molar-refractivity contribution in [2.75, 3.05) is 13.2 Å². The maximum absolute atomic E-state index is 12.5. The average Bonchev–Trinajstić information content (AvgIpc) is 3.26. The Morgan fingerprint density at radius 2 is 2.16 bits per heavy atom. The highest BCUT2D eigenvalue weighted by atomic mass is 31.2. The molecule has 0 aromatic carbocycles. The number of aliphatic imine (C=N–C) groups is 2. The molecular weight excluding hydrogens is 419 g/mol. The summed E-state index contributed by atoms with van der Waals surface area (Å²) in [6, 6.07) is 0. The van der Waals surface area contributed by atoms with Gasteiger partial charge in [-0.3, -0.25) is 19.3 Å². The lowest BCUT2D eigenvalue weighted by Gasteiger charge is -2.19. The van der Waals surface area contributed by atoms with Crippen LogP contribution in [0.3, 0.4) is 0 Å². The van der Waals surface area contributed by atoms with Crippen LogP contribution in [0.5, 0.6) is 0 Å². The third kappa shape index (κ3) is 5.56. The first-order valence-electron chi connectivity index (χ1n) is 10.6. The molecule has 3 heterocycles. The van der Waals surface area contributed by atoms with Gasteiger partial charge in [-0.15, -0.1) is 0 Å². The summed E-state index contributed by atoms with van der Waals surface area (Å²) in [4.78, 5) is 32.6. The maximum atomic E-state index is 12.5. The Hall–Kier alpha value is -2.16. The predicted octanol–water partition coefficient (Wildman–Crippen LogP) is 3.88. The lowest BCUT2D eigenvalue weighted by atomic mass is 10.1. The Labute approximate surface area is 183 Å². The van der Waals surface area contributed by atoms with Crippen LogP contribution in [0.4, 0.5) is 5.95 Å². The van der Waals surface area contributed by atoms with Crippen molar-refractivity contribution in [3.05, 3.63) is 16.2 Å². The van der Waals surface area contributed by atoms with Gasteiger partial charge in [-0.05, 0) is 26.2 Å². The number of aromatic amines is 1. The number of aromatic nitrogens is 4. The van der Waals surface area contributed by atoms with Crippen LogP contribution >= 0.6 is 8.38 Å². The first kappa shape index (κ1) is 23.5. The second-order valence-electron chi connectivity index (χ2n) is 7.68. The van der Waals surface area contributed by atoms with Crippen molar-refractivity contribution in [1.82, 2.24) is 19.5 Å². The van der Waals surface area contributed by atoms with Crippen molar-refractivity contribution >= 4 is 38.1 Å². The second-order valence-corrected chi connectivity index (χ2v) is 8.98. The van der Waals surface area contributed by atoms with Crippen LogP contribution in [-0.2, 0) is 13.8 Å². The smallest absolute Gasteiger partial charge is 0.280 e. The zero-order valence-corrected chi connectivity index (χ0v) is 19.8. The molecule has 0 aliphatic carbocycles. The lowest BCUT2D eigenvalue weighted by Crippen LogP contribution is -2.22. The van der Waals surface area contributed by atoms with Gasteiger partial charge in [-0.2, -0.15) is 4.98 Å². The van der Waals surface area contributed by atoms with E-state index in [-0.39, 0.29) is 41.4 Å². The zero-order chi connectivity index (χ0) is 22.5. The minimum absolute atomic E-state index is 0.0982. The summed E-state index contributed by atoms with van der Waals surface area (Å²) in [5.41, 5.74) is 0.419.